The molecule has 0 spiro atoms. The van der Waals surface area contributed by atoms with Crippen LogP contribution in [-0.4, -0.2) is 37.6 Å². The highest BCUT2D eigenvalue weighted by Gasteiger charge is 2.14. The van der Waals surface area contributed by atoms with E-state index in [1.807, 2.05) is 0 Å². The second-order valence-corrected chi connectivity index (χ2v) is 6.25. The molecule has 2 atom stereocenters. The van der Waals surface area contributed by atoms with Gasteiger partial charge in [-0.15, -0.1) is 0 Å². The highest BCUT2D eigenvalue weighted by Crippen LogP contribution is 2.09. The van der Waals surface area contributed by atoms with E-state index in [9.17, 15) is 0 Å². The van der Waals surface area contributed by atoms with Gasteiger partial charge in [0.05, 0.1) is 0 Å². The van der Waals surface area contributed by atoms with Crippen LogP contribution in [-0.2, 0) is 6.42 Å². The summed E-state index contributed by atoms with van der Waals surface area (Å²) in [5.74, 6) is 0.749. The molecule has 1 aromatic carbocycles. The fourth-order valence-electron chi connectivity index (χ4n) is 2.40. The Balaban J connectivity index is 2.37. The first-order valence-electron chi connectivity index (χ1n) is 7.42. The Labute approximate surface area is 119 Å². The molecule has 0 bridgehead atoms. The van der Waals surface area contributed by atoms with E-state index < -0.39 is 0 Å². The standard InChI is InChI=1S/C17H30N2/c1-14(2)11-17(19(4)5)13-18-15(3)12-16-9-7-6-8-10-16/h6-10,14-15,17-18H,11-13H2,1-5H3. The molecule has 0 aliphatic carbocycles. The summed E-state index contributed by atoms with van der Waals surface area (Å²) in [6.45, 7) is 7.93. The first-order valence-corrected chi connectivity index (χ1v) is 7.42. The molecule has 1 N–H and O–H groups in total. The van der Waals surface area contributed by atoms with E-state index >= 15 is 0 Å². The third kappa shape index (κ3) is 6.74. The maximum absolute atomic E-state index is 3.68. The lowest BCUT2D eigenvalue weighted by molar-refractivity contribution is 0.241. The van der Waals surface area contributed by atoms with E-state index in [2.05, 4.69) is 75.4 Å². The van der Waals surface area contributed by atoms with Crippen molar-refractivity contribution in [1.82, 2.24) is 10.2 Å². The molecule has 0 saturated heterocycles. The first-order chi connectivity index (χ1) is 8.99. The number of likely N-dealkylation sites (N-methyl/N-ethyl adjacent to an activating group) is 1. The Bertz CT molecular complexity index is 332. The van der Waals surface area contributed by atoms with Crippen LogP contribution in [0.4, 0.5) is 0 Å². The summed E-state index contributed by atoms with van der Waals surface area (Å²) < 4.78 is 0. The molecule has 1 rings (SSSR count). The summed E-state index contributed by atoms with van der Waals surface area (Å²) in [7, 11) is 4.35. The minimum Gasteiger partial charge on any atom is -0.312 e. The SMILES string of the molecule is CC(C)CC(CNC(C)Cc1ccccc1)N(C)C. The monoisotopic (exact) mass is 262 g/mol. The zero-order valence-corrected chi connectivity index (χ0v) is 13.2. The van der Waals surface area contributed by atoms with Crippen LogP contribution in [0, 0.1) is 5.92 Å². The largest absolute Gasteiger partial charge is 0.312 e. The number of nitrogens with one attached hydrogen (secondary N) is 1. The molecular weight excluding hydrogens is 232 g/mol. The van der Waals surface area contributed by atoms with Crippen LogP contribution in [0.5, 0.6) is 0 Å². The van der Waals surface area contributed by atoms with Crippen LogP contribution in [0.15, 0.2) is 30.3 Å². The molecule has 0 fully saturated rings. The van der Waals surface area contributed by atoms with Gasteiger partial charge in [0.25, 0.3) is 0 Å². The van der Waals surface area contributed by atoms with Gasteiger partial charge in [-0.3, -0.25) is 0 Å². The van der Waals surface area contributed by atoms with Crippen molar-refractivity contribution in [3.05, 3.63) is 35.9 Å². The summed E-state index contributed by atoms with van der Waals surface area (Å²) in [5.41, 5.74) is 1.41. The fourth-order valence-corrected chi connectivity index (χ4v) is 2.40. The molecule has 0 aromatic heterocycles. The number of hydrogen-bond donors (Lipinski definition) is 1. The van der Waals surface area contributed by atoms with Gasteiger partial charge in [-0.25, -0.2) is 0 Å². The molecule has 19 heavy (non-hydrogen) atoms. The predicted octanol–water partition coefficient (Wildman–Crippen LogP) is 3.18. The van der Waals surface area contributed by atoms with Crippen molar-refractivity contribution < 1.29 is 0 Å². The molecule has 0 saturated carbocycles. The molecule has 108 valence electrons. The van der Waals surface area contributed by atoms with Gasteiger partial charge in [0, 0.05) is 18.6 Å². The maximum atomic E-state index is 3.68. The van der Waals surface area contributed by atoms with Gasteiger partial charge in [-0.05, 0) is 45.3 Å². The van der Waals surface area contributed by atoms with Gasteiger partial charge in [0.15, 0.2) is 0 Å². The summed E-state index contributed by atoms with van der Waals surface area (Å²) in [6.07, 6.45) is 2.35. The van der Waals surface area contributed by atoms with Gasteiger partial charge in [-0.1, -0.05) is 44.2 Å². The average molecular weight is 262 g/mol. The average Bonchev–Trinajstić information content (AvgIpc) is 2.35. The summed E-state index contributed by atoms with van der Waals surface area (Å²) in [4.78, 5) is 2.34. The molecule has 2 heteroatoms. The number of benzene rings is 1. The quantitative estimate of drug-likeness (QED) is 0.774. The van der Waals surface area contributed by atoms with Crippen LogP contribution in [0.25, 0.3) is 0 Å². The zero-order valence-electron chi connectivity index (χ0n) is 13.2. The smallest absolute Gasteiger partial charge is 0.0217 e. The first kappa shape index (κ1) is 16.2. The second kappa shape index (κ2) is 8.34. The minimum absolute atomic E-state index is 0.525. The van der Waals surface area contributed by atoms with Gasteiger partial charge in [0.1, 0.15) is 0 Å². The Hall–Kier alpha value is -0.860. The minimum atomic E-state index is 0.525. The van der Waals surface area contributed by atoms with E-state index in [0.29, 0.717) is 12.1 Å². The van der Waals surface area contributed by atoms with Crippen molar-refractivity contribution in [2.45, 2.75) is 45.7 Å². The number of rotatable bonds is 8. The maximum Gasteiger partial charge on any atom is 0.0217 e. The highest BCUT2D eigenvalue weighted by atomic mass is 15.1. The normalized spacial score (nSPS) is 14.9. The predicted molar refractivity (Wildman–Crippen MR) is 84.5 cm³/mol. The molecule has 0 heterocycles. The molecular formula is C17H30N2. The van der Waals surface area contributed by atoms with Crippen molar-refractivity contribution in [1.29, 1.82) is 0 Å². The van der Waals surface area contributed by atoms with E-state index in [1.165, 1.54) is 12.0 Å². The van der Waals surface area contributed by atoms with E-state index in [-0.39, 0.29) is 0 Å². The molecule has 0 radical (unpaired) electrons. The van der Waals surface area contributed by atoms with Crippen molar-refractivity contribution in [3.63, 3.8) is 0 Å². The lowest BCUT2D eigenvalue weighted by Gasteiger charge is -2.28. The summed E-state index contributed by atoms with van der Waals surface area (Å²) in [6, 6.07) is 11.9. The third-order valence-corrected chi connectivity index (χ3v) is 3.56. The molecule has 0 aliphatic rings. The Morgan fingerprint density at radius 2 is 1.68 bits per heavy atom. The van der Waals surface area contributed by atoms with Crippen molar-refractivity contribution in [2.75, 3.05) is 20.6 Å². The van der Waals surface area contributed by atoms with Crippen molar-refractivity contribution in [3.8, 4) is 0 Å². The van der Waals surface area contributed by atoms with Gasteiger partial charge in [-0.2, -0.15) is 0 Å². The van der Waals surface area contributed by atoms with Gasteiger partial charge >= 0.3 is 0 Å². The van der Waals surface area contributed by atoms with Crippen LogP contribution < -0.4 is 5.32 Å². The molecule has 1 aromatic rings. The highest BCUT2D eigenvalue weighted by molar-refractivity contribution is 5.15. The Morgan fingerprint density at radius 3 is 2.21 bits per heavy atom. The Kier molecular flexibility index (Phi) is 7.11. The Morgan fingerprint density at radius 1 is 1.05 bits per heavy atom. The zero-order chi connectivity index (χ0) is 14.3. The van der Waals surface area contributed by atoms with Gasteiger partial charge < -0.3 is 10.2 Å². The third-order valence-electron chi connectivity index (χ3n) is 3.56. The topological polar surface area (TPSA) is 15.3 Å². The number of hydrogen-bond acceptors (Lipinski definition) is 2. The van der Waals surface area contributed by atoms with Gasteiger partial charge in [0.2, 0.25) is 0 Å². The van der Waals surface area contributed by atoms with Crippen LogP contribution in [0.2, 0.25) is 0 Å². The van der Waals surface area contributed by atoms with E-state index in [1.54, 1.807) is 0 Å². The van der Waals surface area contributed by atoms with Crippen LogP contribution in [0.1, 0.15) is 32.8 Å². The summed E-state index contributed by atoms with van der Waals surface area (Å²) in [5, 5.41) is 3.68. The lowest BCUT2D eigenvalue weighted by atomic mass is 10.0. The fraction of sp³-hybridized carbons (Fsp3) is 0.647. The molecule has 2 nitrogen and oxygen atoms in total. The molecule has 2 unspecified atom stereocenters. The van der Waals surface area contributed by atoms with Crippen LogP contribution in [0.3, 0.4) is 0 Å². The van der Waals surface area contributed by atoms with E-state index in [4.69, 9.17) is 0 Å². The second-order valence-electron chi connectivity index (χ2n) is 6.25. The number of nitrogens with zero attached hydrogens (tertiary/aromatic N) is 1. The lowest BCUT2D eigenvalue weighted by Crippen LogP contribution is -2.42. The molecule has 0 amide bonds. The van der Waals surface area contributed by atoms with Crippen molar-refractivity contribution in [2.24, 2.45) is 5.92 Å². The molecule has 0 aliphatic heterocycles. The van der Waals surface area contributed by atoms with E-state index in [0.717, 1.165) is 18.9 Å². The van der Waals surface area contributed by atoms with Crippen molar-refractivity contribution >= 4 is 0 Å². The summed E-state index contributed by atoms with van der Waals surface area (Å²) >= 11 is 0. The van der Waals surface area contributed by atoms with Crippen LogP contribution >= 0.6 is 0 Å².